The molecule has 3 rings (SSSR count). The van der Waals surface area contributed by atoms with Crippen LogP contribution in [-0.2, 0) is 26.7 Å². The van der Waals surface area contributed by atoms with Gasteiger partial charge in [-0.3, -0.25) is 0 Å². The van der Waals surface area contributed by atoms with Gasteiger partial charge in [-0.05, 0) is 42.5 Å². The van der Waals surface area contributed by atoms with Gasteiger partial charge in [0.15, 0.2) is 0 Å². The lowest BCUT2D eigenvalue weighted by atomic mass is 10.2. The molecule has 0 aliphatic heterocycles. The minimum Gasteiger partial charge on any atom is -0.211 e. The van der Waals surface area contributed by atoms with E-state index in [2.05, 4.69) is 15.0 Å². The highest BCUT2D eigenvalue weighted by Crippen LogP contribution is 2.39. The normalized spacial score (nSPS) is 10.2. The summed E-state index contributed by atoms with van der Waals surface area (Å²) in [4.78, 5) is 38.8. The molecule has 0 atom stereocenters. The van der Waals surface area contributed by atoms with Crippen molar-refractivity contribution in [3.8, 4) is 0 Å². The van der Waals surface area contributed by atoms with Crippen molar-refractivity contribution in [1.29, 1.82) is 0 Å². The summed E-state index contributed by atoms with van der Waals surface area (Å²) >= 11 is 10.9. The lowest BCUT2D eigenvalue weighted by molar-refractivity contribution is -0.138. The Morgan fingerprint density at radius 3 is 1.70 bits per heavy atom. The Bertz CT molecular complexity index is 1350. The zero-order valence-corrected chi connectivity index (χ0v) is 19.5. The number of aliphatic imine (C=N–C) groups is 3. The number of hydrogen-bond donors (Lipinski definition) is 0. The second-order valence-corrected chi connectivity index (χ2v) is 7.06. The van der Waals surface area contributed by atoms with Crippen LogP contribution in [0.15, 0.2) is 81.7 Å². The van der Waals surface area contributed by atoms with Crippen LogP contribution in [0.25, 0.3) is 0 Å². The first kappa shape index (κ1) is 31.0. The van der Waals surface area contributed by atoms with Gasteiger partial charge in [-0.2, -0.15) is 41.3 Å². The summed E-state index contributed by atoms with van der Waals surface area (Å²) in [5.41, 5.74) is -1.92. The number of alkyl halides is 6. The summed E-state index contributed by atoms with van der Waals surface area (Å²) in [6, 6.07) is 14.6. The number of benzene rings is 3. The van der Waals surface area contributed by atoms with Gasteiger partial charge >= 0.3 is 12.4 Å². The second kappa shape index (κ2) is 14.5. The Hall–Kier alpha value is -4.04. The maximum atomic E-state index is 12.3. The molecule has 0 radical (unpaired) electrons. The molecule has 0 N–H and O–H groups in total. The van der Waals surface area contributed by atoms with Crippen LogP contribution < -0.4 is 0 Å². The maximum Gasteiger partial charge on any atom is 0.418 e. The van der Waals surface area contributed by atoms with Gasteiger partial charge in [0, 0.05) is 0 Å². The van der Waals surface area contributed by atoms with E-state index in [4.69, 9.17) is 23.2 Å². The third-order valence-corrected chi connectivity index (χ3v) is 4.43. The smallest absolute Gasteiger partial charge is 0.211 e. The van der Waals surface area contributed by atoms with E-state index < -0.39 is 29.2 Å². The molecule has 0 spiro atoms. The Morgan fingerprint density at radius 1 is 0.622 bits per heavy atom. The Balaban J connectivity index is 0.000000285. The molecule has 0 aliphatic carbocycles. The molecule has 0 saturated heterocycles. The van der Waals surface area contributed by atoms with E-state index in [1.165, 1.54) is 18.2 Å². The average molecular weight is 562 g/mol. The van der Waals surface area contributed by atoms with Crippen molar-refractivity contribution in [2.75, 3.05) is 0 Å². The van der Waals surface area contributed by atoms with Crippen molar-refractivity contribution >= 4 is 58.5 Å². The Morgan fingerprint density at radius 2 is 1.22 bits per heavy atom. The van der Waals surface area contributed by atoms with Crippen molar-refractivity contribution in [3.05, 3.63) is 87.9 Å². The van der Waals surface area contributed by atoms with Gasteiger partial charge in [0.25, 0.3) is 0 Å². The highest BCUT2D eigenvalue weighted by Gasteiger charge is 2.34. The summed E-state index contributed by atoms with van der Waals surface area (Å²) in [5, 5.41) is -0.466. The molecular formula is C23H11Cl2F6N3O3. The summed E-state index contributed by atoms with van der Waals surface area (Å²) < 4.78 is 73.3. The van der Waals surface area contributed by atoms with Crippen LogP contribution in [-0.4, -0.2) is 18.2 Å². The first-order chi connectivity index (χ1) is 17.3. The van der Waals surface area contributed by atoms with E-state index in [0.29, 0.717) is 11.8 Å². The van der Waals surface area contributed by atoms with Crippen molar-refractivity contribution in [1.82, 2.24) is 0 Å². The van der Waals surface area contributed by atoms with E-state index in [0.717, 1.165) is 30.3 Å². The van der Waals surface area contributed by atoms with Gasteiger partial charge in [-0.1, -0.05) is 47.5 Å². The lowest BCUT2D eigenvalue weighted by Crippen LogP contribution is -2.05. The van der Waals surface area contributed by atoms with Gasteiger partial charge in [-0.25, -0.2) is 14.4 Å². The largest absolute Gasteiger partial charge is 0.418 e. The molecule has 6 nitrogen and oxygen atoms in total. The zero-order chi connectivity index (χ0) is 28.1. The highest BCUT2D eigenvalue weighted by atomic mass is 35.5. The molecule has 192 valence electrons. The lowest BCUT2D eigenvalue weighted by Gasteiger charge is -2.09. The first-order valence-corrected chi connectivity index (χ1v) is 10.1. The van der Waals surface area contributed by atoms with Crippen LogP contribution in [0.2, 0.25) is 10.0 Å². The van der Waals surface area contributed by atoms with Gasteiger partial charge < -0.3 is 0 Å². The molecular weight excluding hydrogens is 551 g/mol. The predicted molar refractivity (Wildman–Crippen MR) is 123 cm³/mol. The summed E-state index contributed by atoms with van der Waals surface area (Å²) in [6.07, 6.45) is -5.35. The minimum atomic E-state index is -4.58. The van der Waals surface area contributed by atoms with Crippen LogP contribution in [0.4, 0.5) is 43.4 Å². The standard InChI is InChI=1S/2C8H3ClF3NO.C7H5NO/c9-6-3-5(8(10,11)12)1-2-7(6)13-4-14;9-6-3-1-2-5(8(10,11)12)7(6)13-4-14;9-6-8-7-4-2-1-3-5-7/h2*1-3H;1-5H. The molecule has 0 amide bonds. The predicted octanol–water partition coefficient (Wildman–Crippen LogP) is 8.31. The minimum absolute atomic E-state index is 0.0327. The molecule has 0 heterocycles. The van der Waals surface area contributed by atoms with Crippen molar-refractivity contribution in [2.24, 2.45) is 15.0 Å². The number of hydrogen-bond acceptors (Lipinski definition) is 6. The quantitative estimate of drug-likeness (QED) is 0.183. The monoisotopic (exact) mass is 561 g/mol. The summed E-state index contributed by atoms with van der Waals surface area (Å²) in [6.45, 7) is 0. The van der Waals surface area contributed by atoms with Crippen LogP contribution in [0.3, 0.4) is 0 Å². The molecule has 37 heavy (non-hydrogen) atoms. The SMILES string of the molecule is O=C=Nc1c(Cl)cccc1C(F)(F)F.O=C=Nc1ccc(C(F)(F)F)cc1Cl.O=C=Nc1ccccc1. The van der Waals surface area contributed by atoms with Crippen LogP contribution in [0.5, 0.6) is 0 Å². The van der Waals surface area contributed by atoms with Gasteiger partial charge in [0.05, 0.1) is 32.5 Å². The fourth-order valence-electron chi connectivity index (χ4n) is 2.28. The molecule has 3 aromatic rings. The van der Waals surface area contributed by atoms with Crippen molar-refractivity contribution in [3.63, 3.8) is 0 Å². The molecule has 0 bridgehead atoms. The number of isocyanates is 3. The molecule has 14 heteroatoms. The molecule has 0 aliphatic rings. The maximum absolute atomic E-state index is 12.3. The molecule has 3 aromatic carbocycles. The molecule has 0 unspecified atom stereocenters. The second-order valence-electron chi connectivity index (χ2n) is 6.24. The third-order valence-electron chi connectivity index (χ3n) is 3.82. The highest BCUT2D eigenvalue weighted by molar-refractivity contribution is 6.33. The number of nitrogens with zero attached hydrogens (tertiary/aromatic N) is 3. The first-order valence-electron chi connectivity index (χ1n) is 9.36. The number of carbonyl (C=O) groups excluding carboxylic acids is 3. The molecule has 0 aromatic heterocycles. The van der Waals surface area contributed by atoms with Crippen molar-refractivity contribution in [2.45, 2.75) is 12.4 Å². The molecule has 0 saturated carbocycles. The summed E-state index contributed by atoms with van der Waals surface area (Å²) in [5.74, 6) is 0. The van der Waals surface area contributed by atoms with Crippen LogP contribution >= 0.6 is 23.2 Å². The van der Waals surface area contributed by atoms with E-state index >= 15 is 0 Å². The van der Waals surface area contributed by atoms with Crippen LogP contribution in [0, 0.1) is 0 Å². The number of para-hydroxylation sites is 2. The van der Waals surface area contributed by atoms with Gasteiger partial charge in [0.1, 0.15) is 5.69 Å². The topological polar surface area (TPSA) is 88.3 Å². The van der Waals surface area contributed by atoms with E-state index in [9.17, 15) is 40.7 Å². The van der Waals surface area contributed by atoms with Crippen LogP contribution in [0.1, 0.15) is 11.1 Å². The Kier molecular flexibility index (Phi) is 12.1. The number of rotatable bonds is 3. The van der Waals surface area contributed by atoms with Gasteiger partial charge in [0.2, 0.25) is 18.2 Å². The third kappa shape index (κ3) is 10.6. The summed E-state index contributed by atoms with van der Waals surface area (Å²) in [7, 11) is 0. The van der Waals surface area contributed by atoms with Gasteiger partial charge in [-0.15, -0.1) is 0 Å². The average Bonchev–Trinajstić information content (AvgIpc) is 2.82. The van der Waals surface area contributed by atoms with E-state index in [1.54, 1.807) is 12.1 Å². The number of halogens is 8. The fourth-order valence-corrected chi connectivity index (χ4v) is 2.72. The Labute approximate surface area is 214 Å². The zero-order valence-electron chi connectivity index (χ0n) is 17.9. The van der Waals surface area contributed by atoms with E-state index in [1.807, 2.05) is 18.2 Å². The molecule has 0 fully saturated rings. The fraction of sp³-hybridized carbons (Fsp3) is 0.0870. The van der Waals surface area contributed by atoms with E-state index in [-0.39, 0.29) is 15.7 Å². The van der Waals surface area contributed by atoms with Crippen molar-refractivity contribution < 1.29 is 40.7 Å².